The number of benzene rings is 2. The van der Waals surface area contributed by atoms with Gasteiger partial charge in [0.2, 0.25) is 5.91 Å². The van der Waals surface area contributed by atoms with Gasteiger partial charge >= 0.3 is 0 Å². The quantitative estimate of drug-likeness (QED) is 0.246. The van der Waals surface area contributed by atoms with Gasteiger partial charge in [-0.1, -0.05) is 6.07 Å². The van der Waals surface area contributed by atoms with Crippen LogP contribution in [0.15, 0.2) is 60.8 Å². The first-order valence-corrected chi connectivity index (χ1v) is 14.4. The van der Waals surface area contributed by atoms with E-state index in [4.69, 9.17) is 14.5 Å². The number of pyridine rings is 2. The minimum Gasteiger partial charge on any atom is -0.494 e. The third kappa shape index (κ3) is 5.33. The van der Waals surface area contributed by atoms with E-state index in [2.05, 4.69) is 10.3 Å². The van der Waals surface area contributed by atoms with Gasteiger partial charge < -0.3 is 19.9 Å². The predicted molar refractivity (Wildman–Crippen MR) is 160 cm³/mol. The molecule has 43 heavy (non-hydrogen) atoms. The largest absolute Gasteiger partial charge is 0.494 e. The molecule has 0 bridgehead atoms. The van der Waals surface area contributed by atoms with E-state index in [1.165, 1.54) is 19.2 Å². The van der Waals surface area contributed by atoms with Crippen molar-refractivity contribution in [3.8, 4) is 22.8 Å². The maximum atomic E-state index is 13.8. The first kappa shape index (κ1) is 28.7. The molecular weight excluding hydrogens is 549 g/mol. The molecule has 2 aromatic carbocycles. The van der Waals surface area contributed by atoms with Crippen LogP contribution in [-0.2, 0) is 15.8 Å². The van der Waals surface area contributed by atoms with Crippen molar-refractivity contribution >= 4 is 22.6 Å². The van der Waals surface area contributed by atoms with Crippen LogP contribution in [0.25, 0.3) is 22.2 Å². The Kier molecular flexibility index (Phi) is 6.96. The molecule has 6 rings (SSSR count). The van der Waals surface area contributed by atoms with Crippen LogP contribution in [-0.4, -0.2) is 46.0 Å². The minimum absolute atomic E-state index is 0.0270. The molecule has 2 atom stereocenters. The van der Waals surface area contributed by atoms with Gasteiger partial charge in [-0.15, -0.1) is 0 Å². The Morgan fingerprint density at radius 3 is 2.58 bits per heavy atom. The fraction of sp³-hybridized carbons (Fsp3) is 0.353. The summed E-state index contributed by atoms with van der Waals surface area (Å²) in [5.74, 6) is 0.191. The molecule has 0 saturated heterocycles. The van der Waals surface area contributed by atoms with Crippen LogP contribution in [0.4, 0.5) is 4.39 Å². The fourth-order valence-electron chi connectivity index (χ4n) is 5.48. The van der Waals surface area contributed by atoms with Crippen molar-refractivity contribution in [3.63, 3.8) is 0 Å². The van der Waals surface area contributed by atoms with E-state index in [0.29, 0.717) is 45.1 Å². The van der Waals surface area contributed by atoms with Gasteiger partial charge in [-0.2, -0.15) is 0 Å². The van der Waals surface area contributed by atoms with Gasteiger partial charge in [-0.3, -0.25) is 14.6 Å². The van der Waals surface area contributed by atoms with Gasteiger partial charge in [-0.25, -0.2) is 9.37 Å². The van der Waals surface area contributed by atoms with E-state index in [1.807, 2.05) is 19.9 Å². The Labute approximate surface area is 249 Å². The number of fused-ring (bicyclic) bond motifs is 2. The first-order valence-electron chi connectivity index (χ1n) is 14.4. The second kappa shape index (κ2) is 10.4. The highest BCUT2D eigenvalue weighted by Crippen LogP contribution is 2.47. The maximum Gasteiger partial charge on any atom is 0.234 e. The highest BCUT2D eigenvalue weighted by molar-refractivity contribution is 6.01. The second-order valence-corrected chi connectivity index (χ2v) is 12.3. The zero-order valence-corrected chi connectivity index (χ0v) is 24.7. The summed E-state index contributed by atoms with van der Waals surface area (Å²) >= 11 is 0. The lowest BCUT2D eigenvalue weighted by atomic mass is 9.81. The summed E-state index contributed by atoms with van der Waals surface area (Å²) in [6.07, 6.45) is 3.58. The summed E-state index contributed by atoms with van der Waals surface area (Å²) in [6.45, 7) is 5.53. The lowest BCUT2D eigenvalue weighted by Gasteiger charge is -2.27. The number of amides is 1. The number of methoxy groups -OCH3 is 1. The first-order chi connectivity index (χ1) is 20.4. The molecule has 9 heteroatoms. The van der Waals surface area contributed by atoms with Gasteiger partial charge in [0, 0.05) is 40.2 Å². The van der Waals surface area contributed by atoms with Crippen molar-refractivity contribution in [2.75, 3.05) is 13.7 Å². The Bertz CT molecular complexity index is 1750. The Morgan fingerprint density at radius 2 is 1.88 bits per heavy atom. The molecule has 1 aliphatic heterocycles. The van der Waals surface area contributed by atoms with Crippen LogP contribution in [0.5, 0.6) is 11.5 Å². The highest BCUT2D eigenvalue weighted by Gasteiger charge is 2.49. The molecule has 0 radical (unpaired) electrons. The van der Waals surface area contributed by atoms with Gasteiger partial charge in [-0.05, 0) is 88.6 Å². The summed E-state index contributed by atoms with van der Waals surface area (Å²) in [5, 5.41) is 15.7. The van der Waals surface area contributed by atoms with E-state index in [-0.39, 0.29) is 36.7 Å². The molecule has 2 aliphatic rings. The number of rotatable bonds is 9. The van der Waals surface area contributed by atoms with Crippen molar-refractivity contribution in [2.45, 2.75) is 63.0 Å². The number of carbonyl (C=O) groups is 2. The van der Waals surface area contributed by atoms with Crippen LogP contribution >= 0.6 is 0 Å². The monoisotopic (exact) mass is 583 g/mol. The molecule has 0 unspecified atom stereocenters. The van der Waals surface area contributed by atoms with E-state index in [9.17, 15) is 19.1 Å². The Morgan fingerprint density at radius 1 is 1.14 bits per heavy atom. The number of halogens is 1. The smallest absolute Gasteiger partial charge is 0.234 e. The van der Waals surface area contributed by atoms with Gasteiger partial charge in [0.25, 0.3) is 0 Å². The summed E-state index contributed by atoms with van der Waals surface area (Å²) in [7, 11) is 1.53. The third-order valence-electron chi connectivity index (χ3n) is 8.71. The third-order valence-corrected chi connectivity index (χ3v) is 8.71. The second-order valence-electron chi connectivity index (χ2n) is 12.3. The lowest BCUT2D eigenvalue weighted by molar-refractivity contribution is -0.127. The summed E-state index contributed by atoms with van der Waals surface area (Å²) in [6, 6.07) is 14.6. The van der Waals surface area contributed by atoms with E-state index < -0.39 is 16.8 Å². The van der Waals surface area contributed by atoms with Crippen LogP contribution in [0.3, 0.4) is 0 Å². The van der Waals surface area contributed by atoms with E-state index in [0.717, 1.165) is 18.2 Å². The van der Waals surface area contributed by atoms with Crippen LogP contribution in [0, 0.1) is 5.82 Å². The molecule has 1 fully saturated rings. The van der Waals surface area contributed by atoms with E-state index >= 15 is 0 Å². The molecule has 2 N–H and O–H groups in total. The molecule has 1 aliphatic carbocycles. The van der Waals surface area contributed by atoms with Crippen molar-refractivity contribution in [2.24, 2.45) is 0 Å². The van der Waals surface area contributed by atoms with Crippen molar-refractivity contribution in [3.05, 3.63) is 83.4 Å². The van der Waals surface area contributed by atoms with Gasteiger partial charge in [0.15, 0.2) is 5.78 Å². The normalized spacial score (nSPS) is 19.7. The zero-order chi connectivity index (χ0) is 30.6. The number of aliphatic hydroxyl groups is 1. The molecule has 2 aromatic heterocycles. The number of aromatic nitrogens is 2. The topological polar surface area (TPSA) is 111 Å². The van der Waals surface area contributed by atoms with Gasteiger partial charge in [0.1, 0.15) is 46.1 Å². The average molecular weight is 584 g/mol. The molecule has 0 spiro atoms. The fourth-order valence-corrected chi connectivity index (χ4v) is 5.48. The maximum absolute atomic E-state index is 13.8. The van der Waals surface area contributed by atoms with E-state index in [1.54, 1.807) is 49.5 Å². The van der Waals surface area contributed by atoms with Crippen molar-refractivity contribution in [1.29, 1.82) is 0 Å². The Hall–Kier alpha value is -4.37. The Balaban J connectivity index is 1.34. The molecule has 1 saturated carbocycles. The molecule has 1 amide bonds. The van der Waals surface area contributed by atoms with Crippen molar-refractivity contribution < 1.29 is 28.6 Å². The molecule has 4 aromatic rings. The predicted octanol–water partition coefficient (Wildman–Crippen LogP) is 5.63. The summed E-state index contributed by atoms with van der Waals surface area (Å²) < 4.78 is 25.4. The number of nitrogens with zero attached hydrogens (tertiary/aromatic N) is 2. The number of Topliss-reactive ketones (excluding diaryl/α,β-unsaturated/α-hetero) is 1. The lowest BCUT2D eigenvalue weighted by Crippen LogP contribution is -2.48. The summed E-state index contributed by atoms with van der Waals surface area (Å²) in [4.78, 5) is 36.1. The minimum atomic E-state index is -1.54. The number of nitrogens with one attached hydrogen (secondary N) is 1. The molecule has 3 heterocycles. The molecule has 8 nitrogen and oxygen atoms in total. The average Bonchev–Trinajstić information content (AvgIpc) is 3.63. The number of carbonyl (C=O) groups excluding carboxylic acids is 2. The van der Waals surface area contributed by atoms with Crippen LogP contribution < -0.4 is 14.8 Å². The SMILES string of the molecule is COc1cc(C(=O)CC[C@](C)(O)c2cc3c(c(-c4ccc(F)cc4)n2)OC[C@]3(C)C(=O)NC2(C)CC2)cc2cccnc12. The molecular formula is C34H34FN3O5. The number of hydrogen-bond acceptors (Lipinski definition) is 7. The number of ether oxygens (including phenoxy) is 2. The number of hydrogen-bond donors (Lipinski definition) is 2. The summed E-state index contributed by atoms with van der Waals surface area (Å²) in [5.41, 5.74) is 0.188. The van der Waals surface area contributed by atoms with Crippen LogP contribution in [0.2, 0.25) is 0 Å². The standard InChI is InChI=1S/C34H34FN3O5/c1-32(13-14-32)38-31(40)33(2)19-43-30-24(33)18-27(37-29(30)20-7-9-23(35)10-8-20)34(3,41)12-11-25(39)22-16-21-6-5-15-36-28(21)26(17-22)42-4/h5-10,15-18,41H,11-14,19H2,1-4H3,(H,38,40)/t33-,34-/m0/s1. The van der Waals surface area contributed by atoms with Crippen molar-refractivity contribution in [1.82, 2.24) is 15.3 Å². The highest BCUT2D eigenvalue weighted by atomic mass is 19.1. The van der Waals surface area contributed by atoms with Gasteiger partial charge in [0.05, 0.1) is 12.8 Å². The van der Waals surface area contributed by atoms with Crippen LogP contribution in [0.1, 0.15) is 68.1 Å². The molecule has 222 valence electrons. The number of ketones is 1. The zero-order valence-electron chi connectivity index (χ0n) is 24.7.